The Bertz CT molecular complexity index is 851. The maximum Gasteiger partial charge on any atom is 0.240 e. The molecule has 1 amide bonds. The molecular weight excluding hydrogens is 392 g/mol. The molecule has 0 spiro atoms. The molecule has 0 unspecified atom stereocenters. The summed E-state index contributed by atoms with van der Waals surface area (Å²) in [5.41, 5.74) is 2.94. The summed E-state index contributed by atoms with van der Waals surface area (Å²) in [6, 6.07) is 12.0. The quantitative estimate of drug-likeness (QED) is 0.766. The minimum atomic E-state index is -3.62. The lowest BCUT2D eigenvalue weighted by molar-refractivity contribution is -0.116. The Balaban J connectivity index is 1.89. The van der Waals surface area contributed by atoms with Crippen LogP contribution in [0.25, 0.3) is 0 Å². The SMILES string of the molecule is Cc1ccc(NC(=O)CCNS(=O)(=O)c2cccc(Br)c2)cc1C. The predicted octanol–water partition coefficient (Wildman–Crippen LogP) is 3.37. The van der Waals surface area contributed by atoms with E-state index >= 15 is 0 Å². The van der Waals surface area contributed by atoms with Gasteiger partial charge < -0.3 is 5.32 Å². The summed E-state index contributed by atoms with van der Waals surface area (Å²) in [4.78, 5) is 12.1. The summed E-state index contributed by atoms with van der Waals surface area (Å²) < 4.78 is 27.4. The number of sulfonamides is 1. The monoisotopic (exact) mass is 410 g/mol. The van der Waals surface area contributed by atoms with E-state index in [-0.39, 0.29) is 23.8 Å². The van der Waals surface area contributed by atoms with E-state index in [1.807, 2.05) is 32.0 Å². The maximum atomic E-state index is 12.1. The summed E-state index contributed by atoms with van der Waals surface area (Å²) in [5, 5.41) is 2.76. The van der Waals surface area contributed by atoms with Crippen molar-refractivity contribution in [1.29, 1.82) is 0 Å². The van der Waals surface area contributed by atoms with Crippen molar-refractivity contribution < 1.29 is 13.2 Å². The summed E-state index contributed by atoms with van der Waals surface area (Å²) >= 11 is 3.24. The van der Waals surface area contributed by atoms with Crippen LogP contribution in [0.15, 0.2) is 51.8 Å². The van der Waals surface area contributed by atoms with Gasteiger partial charge >= 0.3 is 0 Å². The molecule has 7 heteroatoms. The molecule has 0 radical (unpaired) electrons. The van der Waals surface area contributed by atoms with Gasteiger partial charge in [-0.15, -0.1) is 0 Å². The lowest BCUT2D eigenvalue weighted by atomic mass is 10.1. The van der Waals surface area contributed by atoms with Crippen LogP contribution < -0.4 is 10.0 Å². The van der Waals surface area contributed by atoms with Crippen LogP contribution in [-0.4, -0.2) is 20.9 Å². The van der Waals surface area contributed by atoms with Crippen LogP contribution in [0, 0.1) is 13.8 Å². The van der Waals surface area contributed by atoms with Gasteiger partial charge in [-0.2, -0.15) is 0 Å². The number of hydrogen-bond donors (Lipinski definition) is 2. The van der Waals surface area contributed by atoms with E-state index in [1.54, 1.807) is 12.1 Å². The van der Waals surface area contributed by atoms with Gasteiger partial charge in [-0.3, -0.25) is 4.79 Å². The average Bonchev–Trinajstić information content (AvgIpc) is 2.51. The first-order valence-electron chi connectivity index (χ1n) is 7.40. The number of amides is 1. The zero-order chi connectivity index (χ0) is 17.7. The van der Waals surface area contributed by atoms with Crippen LogP contribution in [0.5, 0.6) is 0 Å². The topological polar surface area (TPSA) is 75.3 Å². The van der Waals surface area contributed by atoms with Crippen molar-refractivity contribution in [3.8, 4) is 0 Å². The standard InChI is InChI=1S/C17H19BrN2O3S/c1-12-6-7-15(10-13(12)2)20-17(21)8-9-19-24(22,23)16-5-3-4-14(18)11-16/h3-7,10-11,19H,8-9H2,1-2H3,(H,20,21). The van der Waals surface area contributed by atoms with Crippen molar-refractivity contribution in [2.75, 3.05) is 11.9 Å². The van der Waals surface area contributed by atoms with Crippen LogP contribution in [0.4, 0.5) is 5.69 Å². The Kier molecular flexibility index (Phi) is 6.15. The van der Waals surface area contributed by atoms with Gasteiger partial charge in [0, 0.05) is 23.1 Å². The van der Waals surface area contributed by atoms with Crippen molar-refractivity contribution in [3.63, 3.8) is 0 Å². The van der Waals surface area contributed by atoms with Crippen LogP contribution in [-0.2, 0) is 14.8 Å². The smallest absolute Gasteiger partial charge is 0.240 e. The molecule has 5 nitrogen and oxygen atoms in total. The molecule has 0 aliphatic carbocycles. The first-order chi connectivity index (χ1) is 11.3. The number of aryl methyl sites for hydroxylation is 2. The Labute approximate surface area is 150 Å². The molecule has 2 rings (SSSR count). The molecule has 0 bridgehead atoms. The van der Waals surface area contributed by atoms with E-state index in [4.69, 9.17) is 0 Å². The van der Waals surface area contributed by atoms with Crippen molar-refractivity contribution >= 4 is 37.5 Å². The number of carbonyl (C=O) groups is 1. The second kappa shape index (κ2) is 7.92. The molecule has 0 atom stereocenters. The normalized spacial score (nSPS) is 11.3. The number of carbonyl (C=O) groups excluding carboxylic acids is 1. The fourth-order valence-electron chi connectivity index (χ4n) is 2.06. The first-order valence-corrected chi connectivity index (χ1v) is 9.68. The lowest BCUT2D eigenvalue weighted by Gasteiger charge is -2.09. The Morgan fingerprint density at radius 2 is 1.83 bits per heavy atom. The van der Waals surface area contributed by atoms with Crippen molar-refractivity contribution in [3.05, 3.63) is 58.1 Å². The molecule has 0 aliphatic rings. The highest BCUT2D eigenvalue weighted by Crippen LogP contribution is 2.16. The predicted molar refractivity (Wildman–Crippen MR) is 98.5 cm³/mol. The maximum absolute atomic E-state index is 12.1. The molecule has 24 heavy (non-hydrogen) atoms. The Hall–Kier alpha value is -1.70. The Morgan fingerprint density at radius 3 is 2.50 bits per heavy atom. The molecule has 2 N–H and O–H groups in total. The molecule has 0 aromatic heterocycles. The van der Waals surface area contributed by atoms with Crippen molar-refractivity contribution in [2.24, 2.45) is 0 Å². The van der Waals surface area contributed by atoms with Gasteiger partial charge in [0.15, 0.2) is 0 Å². The average molecular weight is 411 g/mol. The van der Waals surface area contributed by atoms with Gasteiger partial charge in [0.05, 0.1) is 4.90 Å². The van der Waals surface area contributed by atoms with Gasteiger partial charge in [0.1, 0.15) is 0 Å². The number of nitrogens with one attached hydrogen (secondary N) is 2. The fraction of sp³-hybridized carbons (Fsp3) is 0.235. The van der Waals surface area contributed by atoms with Gasteiger partial charge in [0.2, 0.25) is 15.9 Å². The molecule has 0 saturated carbocycles. The molecular formula is C17H19BrN2O3S. The van der Waals surface area contributed by atoms with Crippen LogP contribution in [0.2, 0.25) is 0 Å². The third kappa shape index (κ3) is 5.15. The van der Waals surface area contributed by atoms with Crippen molar-refractivity contribution in [1.82, 2.24) is 4.72 Å². The van der Waals surface area contributed by atoms with Crippen LogP contribution >= 0.6 is 15.9 Å². The van der Waals surface area contributed by atoms with Gasteiger partial charge in [0.25, 0.3) is 0 Å². The highest BCUT2D eigenvalue weighted by Gasteiger charge is 2.14. The summed E-state index contributed by atoms with van der Waals surface area (Å²) in [6.07, 6.45) is 0.0557. The zero-order valence-corrected chi connectivity index (χ0v) is 15.9. The molecule has 0 fully saturated rings. The second-order valence-electron chi connectivity index (χ2n) is 5.45. The van der Waals surface area contributed by atoms with Gasteiger partial charge in [-0.05, 0) is 55.3 Å². The molecule has 128 valence electrons. The number of halogens is 1. The van der Waals surface area contributed by atoms with E-state index in [9.17, 15) is 13.2 Å². The van der Waals surface area contributed by atoms with Gasteiger partial charge in [-0.1, -0.05) is 28.1 Å². The Morgan fingerprint density at radius 1 is 1.08 bits per heavy atom. The molecule has 2 aromatic carbocycles. The third-order valence-corrected chi connectivity index (χ3v) is 5.49. The molecule has 0 aliphatic heterocycles. The summed E-state index contributed by atoms with van der Waals surface area (Å²) in [7, 11) is -3.62. The lowest BCUT2D eigenvalue weighted by Crippen LogP contribution is -2.27. The van der Waals surface area contributed by atoms with E-state index in [2.05, 4.69) is 26.0 Å². The third-order valence-electron chi connectivity index (χ3n) is 3.54. The zero-order valence-electron chi connectivity index (χ0n) is 13.5. The largest absolute Gasteiger partial charge is 0.326 e. The number of anilines is 1. The van der Waals surface area contributed by atoms with E-state index in [0.717, 1.165) is 11.1 Å². The highest BCUT2D eigenvalue weighted by molar-refractivity contribution is 9.10. The number of hydrogen-bond acceptors (Lipinski definition) is 3. The van der Waals surface area contributed by atoms with E-state index in [0.29, 0.717) is 10.2 Å². The van der Waals surface area contributed by atoms with Gasteiger partial charge in [-0.25, -0.2) is 13.1 Å². The molecule has 0 heterocycles. The van der Waals surface area contributed by atoms with E-state index < -0.39 is 10.0 Å². The fourth-order valence-corrected chi connectivity index (χ4v) is 3.69. The molecule has 0 saturated heterocycles. The highest BCUT2D eigenvalue weighted by atomic mass is 79.9. The second-order valence-corrected chi connectivity index (χ2v) is 8.13. The number of benzene rings is 2. The van der Waals surface area contributed by atoms with E-state index in [1.165, 1.54) is 12.1 Å². The first kappa shape index (κ1) is 18.6. The van der Waals surface area contributed by atoms with Crippen LogP contribution in [0.1, 0.15) is 17.5 Å². The minimum absolute atomic E-state index is 0.0333. The minimum Gasteiger partial charge on any atom is -0.326 e. The molecule has 2 aromatic rings. The summed E-state index contributed by atoms with van der Waals surface area (Å²) in [5.74, 6) is -0.241. The van der Waals surface area contributed by atoms with Crippen LogP contribution in [0.3, 0.4) is 0 Å². The van der Waals surface area contributed by atoms with Crippen molar-refractivity contribution in [2.45, 2.75) is 25.2 Å². The number of rotatable bonds is 6. The summed E-state index contributed by atoms with van der Waals surface area (Å²) in [6.45, 7) is 4.00.